The molecule has 6 heteroatoms. The lowest BCUT2D eigenvalue weighted by molar-refractivity contribution is -0.167. The van der Waals surface area contributed by atoms with Crippen LogP contribution < -0.4 is 0 Å². The van der Waals surface area contributed by atoms with Crippen LogP contribution in [0.5, 0.6) is 0 Å². The van der Waals surface area contributed by atoms with Crippen molar-refractivity contribution in [3.63, 3.8) is 0 Å². The van der Waals surface area contributed by atoms with Crippen LogP contribution >= 0.6 is 0 Å². The number of carbonyl (C=O) groups is 3. The van der Waals surface area contributed by atoms with Crippen molar-refractivity contribution < 1.29 is 28.6 Å². The van der Waals surface area contributed by atoms with Crippen molar-refractivity contribution in [3.8, 4) is 0 Å². The molecule has 0 radical (unpaired) electrons. The molecule has 0 heterocycles. The fraction of sp³-hybridized carbons (Fsp3) is 0.672. The van der Waals surface area contributed by atoms with Gasteiger partial charge in [0.2, 0.25) is 0 Å². The summed E-state index contributed by atoms with van der Waals surface area (Å²) in [7, 11) is 0. The summed E-state index contributed by atoms with van der Waals surface area (Å²) in [6, 6.07) is 0. The molecule has 0 N–H and O–H groups in total. The van der Waals surface area contributed by atoms with E-state index in [2.05, 4.69) is 118 Å². The van der Waals surface area contributed by atoms with Gasteiger partial charge < -0.3 is 14.2 Å². The van der Waals surface area contributed by atoms with Gasteiger partial charge in [-0.15, -0.1) is 0 Å². The molecule has 0 aromatic heterocycles. The highest BCUT2D eigenvalue weighted by Crippen LogP contribution is 2.14. The lowest BCUT2D eigenvalue weighted by atomic mass is 10.1. The van der Waals surface area contributed by atoms with Crippen LogP contribution in [0.4, 0.5) is 0 Å². The summed E-state index contributed by atoms with van der Waals surface area (Å²) in [6.07, 6.45) is 68.5. The van der Waals surface area contributed by atoms with Gasteiger partial charge in [0.1, 0.15) is 13.2 Å². The summed E-state index contributed by atoms with van der Waals surface area (Å²) in [6.45, 7) is 6.39. The van der Waals surface area contributed by atoms with E-state index < -0.39 is 6.10 Å². The Bertz CT molecular complexity index is 1300. The zero-order chi connectivity index (χ0) is 46.5. The molecule has 0 aliphatic heterocycles. The second kappa shape index (κ2) is 52.0. The zero-order valence-electron chi connectivity index (χ0n) is 41.5. The van der Waals surface area contributed by atoms with Gasteiger partial charge >= 0.3 is 17.9 Å². The fourth-order valence-electron chi connectivity index (χ4n) is 6.89. The lowest BCUT2D eigenvalue weighted by Crippen LogP contribution is -2.30. The molecule has 0 amide bonds. The van der Waals surface area contributed by atoms with E-state index in [0.717, 1.165) is 128 Å². The Labute approximate surface area is 394 Å². The molecule has 0 fully saturated rings. The van der Waals surface area contributed by atoms with E-state index in [4.69, 9.17) is 14.2 Å². The van der Waals surface area contributed by atoms with Gasteiger partial charge in [-0.3, -0.25) is 14.4 Å². The Hall–Kier alpha value is -3.67. The predicted octanol–water partition coefficient (Wildman–Crippen LogP) is 17.4. The average molecular weight is 889 g/mol. The minimum absolute atomic E-state index is 0.0842. The van der Waals surface area contributed by atoms with Gasteiger partial charge in [-0.05, 0) is 96.3 Å². The van der Waals surface area contributed by atoms with Crippen LogP contribution in [0.15, 0.2) is 97.2 Å². The Morgan fingerprint density at radius 3 is 1.03 bits per heavy atom. The molecule has 0 aliphatic rings. The van der Waals surface area contributed by atoms with Crippen molar-refractivity contribution in [1.29, 1.82) is 0 Å². The molecular formula is C58H96O6. The summed E-state index contributed by atoms with van der Waals surface area (Å²) >= 11 is 0. The normalized spacial score (nSPS) is 12.9. The van der Waals surface area contributed by atoms with Crippen molar-refractivity contribution in [2.45, 2.75) is 239 Å². The SMILES string of the molecule is CC/C=C\C/C=C\C/C=C\C/C=C\C/C=C\C/C=C\C/C=C\CCCCCCCCCC(=O)OCC(COC(=O)CCCCCCCCC)OC(=O)CCCCCCC/C=C\CCC. The molecule has 0 aromatic carbocycles. The fourth-order valence-corrected chi connectivity index (χ4v) is 6.89. The molecule has 64 heavy (non-hydrogen) atoms. The van der Waals surface area contributed by atoms with Gasteiger partial charge in [0.25, 0.3) is 0 Å². The van der Waals surface area contributed by atoms with Crippen LogP contribution in [0.25, 0.3) is 0 Å². The molecule has 0 saturated carbocycles. The quantitative estimate of drug-likeness (QED) is 0.0262. The van der Waals surface area contributed by atoms with Gasteiger partial charge in [-0.1, -0.05) is 214 Å². The van der Waals surface area contributed by atoms with Crippen molar-refractivity contribution in [2.24, 2.45) is 0 Å². The second-order valence-corrected chi connectivity index (χ2v) is 17.1. The molecular weight excluding hydrogens is 793 g/mol. The number of carbonyl (C=O) groups excluding carboxylic acids is 3. The van der Waals surface area contributed by atoms with Crippen LogP contribution in [0.1, 0.15) is 233 Å². The number of rotatable bonds is 46. The maximum Gasteiger partial charge on any atom is 0.306 e. The predicted molar refractivity (Wildman–Crippen MR) is 274 cm³/mol. The van der Waals surface area contributed by atoms with Crippen molar-refractivity contribution >= 4 is 17.9 Å². The van der Waals surface area contributed by atoms with Gasteiger partial charge in [0, 0.05) is 19.3 Å². The number of unbranched alkanes of at least 4 members (excludes halogenated alkanes) is 19. The summed E-state index contributed by atoms with van der Waals surface area (Å²) in [5, 5.41) is 0. The molecule has 0 spiro atoms. The van der Waals surface area contributed by atoms with Gasteiger partial charge in [0.05, 0.1) is 0 Å². The molecule has 0 rings (SSSR count). The van der Waals surface area contributed by atoms with Crippen molar-refractivity contribution in [3.05, 3.63) is 97.2 Å². The molecule has 1 unspecified atom stereocenters. The first kappa shape index (κ1) is 60.3. The second-order valence-electron chi connectivity index (χ2n) is 17.1. The first-order chi connectivity index (χ1) is 31.5. The minimum Gasteiger partial charge on any atom is -0.462 e. The van der Waals surface area contributed by atoms with Crippen LogP contribution in [0.3, 0.4) is 0 Å². The summed E-state index contributed by atoms with van der Waals surface area (Å²) in [4.78, 5) is 37.7. The summed E-state index contributed by atoms with van der Waals surface area (Å²) < 4.78 is 16.7. The highest BCUT2D eigenvalue weighted by atomic mass is 16.6. The Morgan fingerprint density at radius 1 is 0.328 bits per heavy atom. The third kappa shape index (κ3) is 49.3. The van der Waals surface area contributed by atoms with Gasteiger partial charge in [0.15, 0.2) is 6.10 Å². The summed E-state index contributed by atoms with van der Waals surface area (Å²) in [5.74, 6) is -0.918. The van der Waals surface area contributed by atoms with E-state index in [0.29, 0.717) is 19.3 Å². The number of esters is 3. The van der Waals surface area contributed by atoms with E-state index in [9.17, 15) is 14.4 Å². The molecule has 6 nitrogen and oxygen atoms in total. The molecule has 0 aliphatic carbocycles. The largest absolute Gasteiger partial charge is 0.462 e. The van der Waals surface area contributed by atoms with Crippen LogP contribution in [0, 0.1) is 0 Å². The van der Waals surface area contributed by atoms with E-state index in [1.165, 1.54) is 64.2 Å². The number of ether oxygens (including phenoxy) is 3. The van der Waals surface area contributed by atoms with Gasteiger partial charge in [-0.25, -0.2) is 0 Å². The number of hydrogen-bond acceptors (Lipinski definition) is 6. The van der Waals surface area contributed by atoms with Gasteiger partial charge in [-0.2, -0.15) is 0 Å². The third-order valence-electron chi connectivity index (χ3n) is 10.8. The van der Waals surface area contributed by atoms with Crippen molar-refractivity contribution in [2.75, 3.05) is 13.2 Å². The standard InChI is InChI=1S/C58H96O6/c1-4-7-10-13-16-18-20-21-22-23-24-25-26-27-28-29-30-31-32-33-34-35-36-37-38-40-42-45-48-51-57(60)63-54-55(53-62-56(59)50-47-44-41-15-12-9-6-3)64-58(61)52-49-46-43-39-19-17-14-11-8-5-2/h7,10-11,14,16,18,21-22,24-25,27-28,30-31,33-34,55H,4-6,8-9,12-13,15,17,19-20,23,26,29,32,35-54H2,1-3H3/b10-7-,14-11-,18-16-,22-21-,25-24-,28-27-,31-30-,34-33-. The topological polar surface area (TPSA) is 78.9 Å². The minimum atomic E-state index is -0.782. The molecule has 0 bridgehead atoms. The maximum atomic E-state index is 12.7. The molecule has 364 valence electrons. The van der Waals surface area contributed by atoms with Crippen LogP contribution in [-0.4, -0.2) is 37.2 Å². The molecule has 0 saturated heterocycles. The number of hydrogen-bond donors (Lipinski definition) is 0. The first-order valence-electron chi connectivity index (χ1n) is 26.2. The first-order valence-corrected chi connectivity index (χ1v) is 26.2. The van der Waals surface area contributed by atoms with Crippen LogP contribution in [-0.2, 0) is 28.6 Å². The third-order valence-corrected chi connectivity index (χ3v) is 10.8. The molecule has 0 aromatic rings. The Kier molecular flexibility index (Phi) is 49.0. The lowest BCUT2D eigenvalue weighted by Gasteiger charge is -2.18. The average Bonchev–Trinajstić information content (AvgIpc) is 3.29. The Morgan fingerprint density at radius 2 is 0.641 bits per heavy atom. The monoisotopic (exact) mass is 889 g/mol. The summed E-state index contributed by atoms with van der Waals surface area (Å²) in [5.41, 5.74) is 0. The number of allylic oxidation sites excluding steroid dienone is 16. The van der Waals surface area contributed by atoms with E-state index in [1.807, 2.05) is 0 Å². The van der Waals surface area contributed by atoms with Crippen molar-refractivity contribution in [1.82, 2.24) is 0 Å². The smallest absolute Gasteiger partial charge is 0.306 e. The van der Waals surface area contributed by atoms with E-state index >= 15 is 0 Å². The zero-order valence-corrected chi connectivity index (χ0v) is 41.5. The maximum absolute atomic E-state index is 12.7. The Balaban J connectivity index is 4.14. The van der Waals surface area contributed by atoms with E-state index in [-0.39, 0.29) is 31.1 Å². The highest BCUT2D eigenvalue weighted by molar-refractivity contribution is 5.71. The van der Waals surface area contributed by atoms with E-state index in [1.54, 1.807) is 0 Å². The van der Waals surface area contributed by atoms with Crippen LogP contribution in [0.2, 0.25) is 0 Å². The molecule has 1 atom stereocenters. The highest BCUT2D eigenvalue weighted by Gasteiger charge is 2.19.